The molecule has 3 heteroatoms. The van der Waals surface area contributed by atoms with Crippen LogP contribution in [0.25, 0.3) is 0 Å². The SMILES string of the molecule is CCNC(CC1CC1)c1cc(I)ccc1Br. The maximum Gasteiger partial charge on any atom is 0.0334 e. The molecule has 0 heterocycles. The van der Waals surface area contributed by atoms with E-state index in [1.807, 2.05) is 0 Å². The number of benzene rings is 1. The molecule has 1 saturated carbocycles. The van der Waals surface area contributed by atoms with Gasteiger partial charge in [-0.3, -0.25) is 0 Å². The molecule has 0 aliphatic heterocycles. The molecule has 0 bridgehead atoms. The van der Waals surface area contributed by atoms with E-state index in [0.717, 1.165) is 12.5 Å². The summed E-state index contributed by atoms with van der Waals surface area (Å²) in [5.74, 6) is 0.953. The van der Waals surface area contributed by atoms with Crippen LogP contribution in [0.3, 0.4) is 0 Å². The summed E-state index contributed by atoms with van der Waals surface area (Å²) in [6.45, 7) is 3.22. The predicted molar refractivity (Wildman–Crippen MR) is 80.6 cm³/mol. The summed E-state index contributed by atoms with van der Waals surface area (Å²) >= 11 is 6.05. The number of halogens is 2. The molecule has 1 aliphatic rings. The average Bonchev–Trinajstić information content (AvgIpc) is 3.05. The monoisotopic (exact) mass is 393 g/mol. The summed E-state index contributed by atoms with van der Waals surface area (Å²) in [7, 11) is 0. The highest BCUT2D eigenvalue weighted by Crippen LogP contribution is 2.39. The molecular weight excluding hydrogens is 377 g/mol. The maximum atomic E-state index is 3.67. The van der Waals surface area contributed by atoms with Crippen LogP contribution in [0.2, 0.25) is 0 Å². The third-order valence-electron chi connectivity index (χ3n) is 3.05. The van der Waals surface area contributed by atoms with Crippen molar-refractivity contribution < 1.29 is 0 Å². The van der Waals surface area contributed by atoms with E-state index in [1.54, 1.807) is 0 Å². The van der Waals surface area contributed by atoms with E-state index in [1.165, 1.54) is 32.9 Å². The molecule has 1 atom stereocenters. The Kier molecular flexibility index (Phi) is 4.67. The molecule has 0 radical (unpaired) electrons. The van der Waals surface area contributed by atoms with Crippen molar-refractivity contribution in [2.75, 3.05) is 6.54 Å². The van der Waals surface area contributed by atoms with E-state index < -0.39 is 0 Å². The second kappa shape index (κ2) is 5.83. The minimum Gasteiger partial charge on any atom is -0.310 e. The Morgan fingerprint density at radius 3 is 2.88 bits per heavy atom. The van der Waals surface area contributed by atoms with Crippen molar-refractivity contribution in [3.8, 4) is 0 Å². The third-order valence-corrected chi connectivity index (χ3v) is 4.44. The van der Waals surface area contributed by atoms with E-state index in [-0.39, 0.29) is 0 Å². The molecular formula is C13H17BrIN. The fourth-order valence-electron chi connectivity index (χ4n) is 2.04. The highest BCUT2D eigenvalue weighted by atomic mass is 127. The van der Waals surface area contributed by atoms with Crippen LogP contribution >= 0.6 is 38.5 Å². The lowest BCUT2D eigenvalue weighted by Gasteiger charge is -2.20. The van der Waals surface area contributed by atoms with Crippen molar-refractivity contribution >= 4 is 38.5 Å². The van der Waals surface area contributed by atoms with Crippen molar-refractivity contribution in [1.29, 1.82) is 0 Å². The molecule has 1 aromatic rings. The van der Waals surface area contributed by atoms with E-state index in [4.69, 9.17) is 0 Å². The summed E-state index contributed by atoms with van der Waals surface area (Å²) in [5.41, 5.74) is 1.42. The standard InChI is InChI=1S/C13H17BrIN/c1-2-16-13(7-9-3-4-9)11-8-10(15)5-6-12(11)14/h5-6,8-9,13,16H,2-4,7H2,1H3. The van der Waals surface area contributed by atoms with Gasteiger partial charge in [-0.15, -0.1) is 0 Å². The van der Waals surface area contributed by atoms with Gasteiger partial charge >= 0.3 is 0 Å². The molecule has 0 amide bonds. The van der Waals surface area contributed by atoms with Crippen LogP contribution < -0.4 is 5.32 Å². The van der Waals surface area contributed by atoms with Crippen LogP contribution in [0.15, 0.2) is 22.7 Å². The van der Waals surface area contributed by atoms with Gasteiger partial charge in [0.25, 0.3) is 0 Å². The zero-order valence-corrected chi connectivity index (χ0v) is 13.2. The Labute approximate surface area is 120 Å². The molecule has 2 rings (SSSR count). The Morgan fingerprint density at radius 2 is 2.25 bits per heavy atom. The lowest BCUT2D eigenvalue weighted by molar-refractivity contribution is 0.485. The molecule has 1 N–H and O–H groups in total. The fraction of sp³-hybridized carbons (Fsp3) is 0.538. The smallest absolute Gasteiger partial charge is 0.0334 e. The minimum atomic E-state index is 0.515. The molecule has 1 aliphatic carbocycles. The first-order chi connectivity index (χ1) is 7.70. The van der Waals surface area contributed by atoms with E-state index in [0.29, 0.717) is 6.04 Å². The Bertz CT molecular complexity index is 363. The van der Waals surface area contributed by atoms with Crippen LogP contribution in [-0.4, -0.2) is 6.54 Å². The normalized spacial score (nSPS) is 17.4. The van der Waals surface area contributed by atoms with Crippen LogP contribution in [-0.2, 0) is 0 Å². The Morgan fingerprint density at radius 1 is 1.50 bits per heavy atom. The molecule has 0 aromatic heterocycles. The average molecular weight is 394 g/mol. The second-order valence-corrected chi connectivity index (χ2v) is 6.56. The van der Waals surface area contributed by atoms with Gasteiger partial charge in [0, 0.05) is 14.1 Å². The first-order valence-corrected chi connectivity index (χ1v) is 7.76. The fourth-order valence-corrected chi connectivity index (χ4v) is 3.07. The van der Waals surface area contributed by atoms with Gasteiger partial charge in [-0.1, -0.05) is 35.7 Å². The van der Waals surface area contributed by atoms with E-state index >= 15 is 0 Å². The van der Waals surface area contributed by atoms with E-state index in [9.17, 15) is 0 Å². The van der Waals surface area contributed by atoms with Gasteiger partial charge in [0.1, 0.15) is 0 Å². The summed E-state index contributed by atoms with van der Waals surface area (Å²) < 4.78 is 2.55. The van der Waals surface area contributed by atoms with Gasteiger partial charge in [0.05, 0.1) is 0 Å². The first-order valence-electron chi connectivity index (χ1n) is 5.89. The van der Waals surface area contributed by atoms with Crippen molar-refractivity contribution in [3.05, 3.63) is 31.8 Å². The largest absolute Gasteiger partial charge is 0.310 e. The lowest BCUT2D eigenvalue weighted by Crippen LogP contribution is -2.21. The molecule has 16 heavy (non-hydrogen) atoms. The summed E-state index contributed by atoms with van der Waals surface area (Å²) in [6.07, 6.45) is 4.12. The predicted octanol–water partition coefficient (Wildman–Crippen LogP) is 4.50. The quantitative estimate of drug-likeness (QED) is 0.726. The molecule has 1 aromatic carbocycles. The van der Waals surface area contributed by atoms with Gasteiger partial charge < -0.3 is 5.32 Å². The number of hydrogen-bond donors (Lipinski definition) is 1. The minimum absolute atomic E-state index is 0.515. The van der Waals surface area contributed by atoms with Crippen molar-refractivity contribution in [2.24, 2.45) is 5.92 Å². The number of nitrogens with one attached hydrogen (secondary N) is 1. The lowest BCUT2D eigenvalue weighted by atomic mass is 10.0. The van der Waals surface area contributed by atoms with Crippen molar-refractivity contribution in [3.63, 3.8) is 0 Å². The van der Waals surface area contributed by atoms with Gasteiger partial charge in [-0.2, -0.15) is 0 Å². The highest BCUT2D eigenvalue weighted by Gasteiger charge is 2.26. The van der Waals surface area contributed by atoms with Crippen LogP contribution in [0, 0.1) is 9.49 Å². The van der Waals surface area contributed by atoms with Crippen LogP contribution in [0.5, 0.6) is 0 Å². The van der Waals surface area contributed by atoms with Gasteiger partial charge in [0.2, 0.25) is 0 Å². The summed E-state index contributed by atoms with van der Waals surface area (Å²) in [4.78, 5) is 0. The zero-order valence-electron chi connectivity index (χ0n) is 9.47. The molecule has 1 fully saturated rings. The summed E-state index contributed by atoms with van der Waals surface area (Å²) in [6, 6.07) is 7.12. The molecule has 88 valence electrons. The topological polar surface area (TPSA) is 12.0 Å². The molecule has 1 nitrogen and oxygen atoms in total. The van der Waals surface area contributed by atoms with E-state index in [2.05, 4.69) is 69.0 Å². The Balaban J connectivity index is 2.18. The number of rotatable bonds is 5. The highest BCUT2D eigenvalue weighted by molar-refractivity contribution is 14.1. The zero-order chi connectivity index (χ0) is 11.5. The van der Waals surface area contributed by atoms with Gasteiger partial charge in [-0.05, 0) is 65.2 Å². The Hall–Kier alpha value is 0.390. The molecule has 0 spiro atoms. The number of hydrogen-bond acceptors (Lipinski definition) is 1. The van der Waals surface area contributed by atoms with Crippen LogP contribution in [0.4, 0.5) is 0 Å². The second-order valence-electron chi connectivity index (χ2n) is 4.46. The first kappa shape index (κ1) is 12.8. The molecule has 0 saturated heterocycles. The van der Waals surface area contributed by atoms with Crippen LogP contribution in [0.1, 0.15) is 37.8 Å². The van der Waals surface area contributed by atoms with Crippen molar-refractivity contribution in [2.45, 2.75) is 32.2 Å². The third kappa shape index (κ3) is 3.44. The summed E-state index contributed by atoms with van der Waals surface area (Å²) in [5, 5.41) is 3.60. The maximum absolute atomic E-state index is 3.67. The van der Waals surface area contributed by atoms with Gasteiger partial charge in [-0.25, -0.2) is 0 Å². The van der Waals surface area contributed by atoms with Crippen molar-refractivity contribution in [1.82, 2.24) is 5.32 Å². The molecule has 1 unspecified atom stereocenters. The van der Waals surface area contributed by atoms with Gasteiger partial charge in [0.15, 0.2) is 0 Å².